The average Bonchev–Trinajstić information content (AvgIpc) is 2.79. The number of nitrogens with zero attached hydrogens (tertiary/aromatic N) is 3. The van der Waals surface area contributed by atoms with Gasteiger partial charge in [0.15, 0.2) is 0 Å². The van der Waals surface area contributed by atoms with Crippen LogP contribution >= 0.6 is 0 Å². The zero-order valence-corrected chi connectivity index (χ0v) is 16.1. The van der Waals surface area contributed by atoms with Gasteiger partial charge in [0, 0.05) is 50.8 Å². The van der Waals surface area contributed by atoms with Crippen molar-refractivity contribution in [2.45, 2.75) is 6.54 Å². The molecule has 2 heterocycles. The molecule has 4 rings (SSSR count). The smallest absolute Gasteiger partial charge is 0.255 e. The molecule has 0 saturated carbocycles. The Hall–Kier alpha value is -3.41. The molecule has 0 spiro atoms. The van der Waals surface area contributed by atoms with E-state index < -0.39 is 0 Å². The van der Waals surface area contributed by atoms with Crippen LogP contribution in [0.1, 0.15) is 15.9 Å². The van der Waals surface area contributed by atoms with Crippen LogP contribution in [0.3, 0.4) is 0 Å². The Balaban J connectivity index is 1.35. The summed E-state index contributed by atoms with van der Waals surface area (Å²) >= 11 is 0. The number of nitrogens with one attached hydrogen (secondary N) is 1. The molecule has 1 aliphatic heterocycles. The highest BCUT2D eigenvalue weighted by atomic mass is 19.1. The van der Waals surface area contributed by atoms with Gasteiger partial charge in [0.1, 0.15) is 5.82 Å². The summed E-state index contributed by atoms with van der Waals surface area (Å²) in [4.78, 5) is 21.1. The lowest BCUT2D eigenvalue weighted by atomic mass is 10.2. The molecular formula is C23H23FN4O. The summed E-state index contributed by atoms with van der Waals surface area (Å²) in [6.07, 6.45) is 3.34. The first kappa shape index (κ1) is 18.9. The maximum atomic E-state index is 13.1. The van der Waals surface area contributed by atoms with E-state index in [9.17, 15) is 9.18 Å². The molecule has 0 radical (unpaired) electrons. The summed E-state index contributed by atoms with van der Waals surface area (Å²) in [5.74, 6) is -0.254. The van der Waals surface area contributed by atoms with Gasteiger partial charge in [0.25, 0.3) is 5.91 Å². The number of halogens is 1. The second-order valence-corrected chi connectivity index (χ2v) is 7.06. The number of rotatable bonds is 5. The van der Waals surface area contributed by atoms with Crippen molar-refractivity contribution in [3.8, 4) is 0 Å². The van der Waals surface area contributed by atoms with Crippen LogP contribution in [0.25, 0.3) is 0 Å². The van der Waals surface area contributed by atoms with E-state index in [-0.39, 0.29) is 11.7 Å². The lowest BCUT2D eigenvalue weighted by Crippen LogP contribution is -2.48. The topological polar surface area (TPSA) is 48.5 Å². The van der Waals surface area contributed by atoms with E-state index in [1.54, 1.807) is 24.5 Å². The first-order valence-electron chi connectivity index (χ1n) is 9.72. The van der Waals surface area contributed by atoms with Gasteiger partial charge in [0.05, 0.1) is 11.3 Å². The van der Waals surface area contributed by atoms with Crippen LogP contribution in [0.2, 0.25) is 0 Å². The number of anilines is 2. The van der Waals surface area contributed by atoms with Crippen LogP contribution in [0.15, 0.2) is 73.1 Å². The molecule has 0 atom stereocenters. The predicted octanol–water partition coefficient (Wildman–Crippen LogP) is 3.80. The Morgan fingerprint density at radius 2 is 1.69 bits per heavy atom. The summed E-state index contributed by atoms with van der Waals surface area (Å²) in [6, 6.07) is 18.4. The summed E-state index contributed by atoms with van der Waals surface area (Å²) < 4.78 is 13.1. The van der Waals surface area contributed by atoms with Crippen LogP contribution in [0, 0.1) is 5.82 Å². The average molecular weight is 390 g/mol. The number of aromatic nitrogens is 1. The Morgan fingerprint density at radius 3 is 2.41 bits per heavy atom. The first-order valence-corrected chi connectivity index (χ1v) is 9.72. The Kier molecular flexibility index (Phi) is 5.70. The zero-order valence-electron chi connectivity index (χ0n) is 16.1. The molecule has 2 aromatic carbocycles. The van der Waals surface area contributed by atoms with Gasteiger partial charge < -0.3 is 15.1 Å². The van der Waals surface area contributed by atoms with Crippen molar-refractivity contribution >= 4 is 17.3 Å². The van der Waals surface area contributed by atoms with Gasteiger partial charge in [0.2, 0.25) is 0 Å². The van der Waals surface area contributed by atoms with E-state index in [1.165, 1.54) is 17.7 Å². The van der Waals surface area contributed by atoms with Crippen LogP contribution in [-0.4, -0.2) is 42.0 Å². The molecule has 3 aromatic rings. The van der Waals surface area contributed by atoms with Crippen molar-refractivity contribution in [1.29, 1.82) is 0 Å². The number of carbonyl (C=O) groups excluding carboxylic acids is 1. The second kappa shape index (κ2) is 8.73. The normalized spacial score (nSPS) is 14.0. The van der Waals surface area contributed by atoms with E-state index in [1.807, 2.05) is 29.2 Å². The molecule has 148 valence electrons. The van der Waals surface area contributed by atoms with Gasteiger partial charge in [-0.2, -0.15) is 0 Å². The van der Waals surface area contributed by atoms with Crippen molar-refractivity contribution in [2.24, 2.45) is 0 Å². The Morgan fingerprint density at radius 1 is 0.966 bits per heavy atom. The Bertz CT molecular complexity index is 954. The zero-order chi connectivity index (χ0) is 20.1. The maximum absolute atomic E-state index is 13.1. The van der Waals surface area contributed by atoms with Gasteiger partial charge in [-0.15, -0.1) is 0 Å². The van der Waals surface area contributed by atoms with Crippen LogP contribution < -0.4 is 10.2 Å². The number of amides is 1. The molecule has 1 saturated heterocycles. The highest BCUT2D eigenvalue weighted by molar-refractivity contribution is 5.95. The molecule has 1 aliphatic rings. The van der Waals surface area contributed by atoms with E-state index in [0.29, 0.717) is 25.2 Å². The maximum Gasteiger partial charge on any atom is 0.255 e. The lowest BCUT2D eigenvalue weighted by molar-refractivity contribution is 0.0746. The molecular weight excluding hydrogens is 367 g/mol. The van der Waals surface area contributed by atoms with Crippen LogP contribution in [0.4, 0.5) is 15.8 Å². The fraction of sp³-hybridized carbons (Fsp3) is 0.217. The molecule has 1 fully saturated rings. The molecule has 1 N–H and O–H groups in total. The van der Waals surface area contributed by atoms with Crippen LogP contribution in [0.5, 0.6) is 0 Å². The number of hydrogen-bond donors (Lipinski definition) is 1. The number of pyridine rings is 1. The largest absolute Gasteiger partial charge is 0.380 e. The molecule has 29 heavy (non-hydrogen) atoms. The molecule has 6 heteroatoms. The van der Waals surface area contributed by atoms with E-state index in [4.69, 9.17) is 0 Å². The SMILES string of the molecule is O=C(c1cncc(NCc2ccccc2)c1)N1CCN(c2ccc(F)cc2)CC1. The third-order valence-corrected chi connectivity index (χ3v) is 5.08. The van der Waals surface area contributed by atoms with Crippen molar-refractivity contribution in [1.82, 2.24) is 9.88 Å². The standard InChI is InChI=1S/C23H23FN4O/c24-20-6-8-22(9-7-20)27-10-12-28(13-11-27)23(29)19-14-21(17-25-16-19)26-15-18-4-2-1-3-5-18/h1-9,14,16-17,26H,10-13,15H2. The summed E-state index contributed by atoms with van der Waals surface area (Å²) in [5, 5.41) is 3.32. The van der Waals surface area contributed by atoms with Crippen molar-refractivity contribution in [3.05, 3.63) is 90.0 Å². The lowest BCUT2D eigenvalue weighted by Gasteiger charge is -2.36. The van der Waals surface area contributed by atoms with Gasteiger partial charge >= 0.3 is 0 Å². The molecule has 0 aliphatic carbocycles. The van der Waals surface area contributed by atoms with Gasteiger partial charge in [-0.1, -0.05) is 30.3 Å². The second-order valence-electron chi connectivity index (χ2n) is 7.06. The highest BCUT2D eigenvalue weighted by Crippen LogP contribution is 2.19. The molecule has 0 unspecified atom stereocenters. The quantitative estimate of drug-likeness (QED) is 0.720. The number of carbonyl (C=O) groups is 1. The van der Waals surface area contributed by atoms with Crippen molar-refractivity contribution in [2.75, 3.05) is 36.4 Å². The third-order valence-electron chi connectivity index (χ3n) is 5.08. The third kappa shape index (κ3) is 4.71. The minimum absolute atomic E-state index is 0.0142. The fourth-order valence-corrected chi connectivity index (χ4v) is 3.46. The van der Waals surface area contributed by atoms with E-state index in [2.05, 4.69) is 27.3 Å². The van der Waals surface area contributed by atoms with Crippen molar-refractivity contribution < 1.29 is 9.18 Å². The Labute approximate surface area is 169 Å². The van der Waals surface area contributed by atoms with Gasteiger partial charge in [-0.05, 0) is 35.9 Å². The van der Waals surface area contributed by atoms with Gasteiger partial charge in [-0.25, -0.2) is 4.39 Å². The summed E-state index contributed by atoms with van der Waals surface area (Å²) in [7, 11) is 0. The minimum atomic E-state index is -0.240. The van der Waals surface area contributed by atoms with Gasteiger partial charge in [-0.3, -0.25) is 9.78 Å². The van der Waals surface area contributed by atoms with Crippen LogP contribution in [-0.2, 0) is 6.54 Å². The summed E-state index contributed by atoms with van der Waals surface area (Å²) in [5.41, 5.74) is 3.55. The number of benzene rings is 2. The fourth-order valence-electron chi connectivity index (χ4n) is 3.46. The van der Waals surface area contributed by atoms with E-state index in [0.717, 1.165) is 24.5 Å². The molecule has 0 bridgehead atoms. The molecule has 1 amide bonds. The van der Waals surface area contributed by atoms with E-state index >= 15 is 0 Å². The highest BCUT2D eigenvalue weighted by Gasteiger charge is 2.22. The summed E-state index contributed by atoms with van der Waals surface area (Å²) in [6.45, 7) is 3.36. The molecule has 5 nitrogen and oxygen atoms in total. The first-order chi connectivity index (χ1) is 14.2. The minimum Gasteiger partial charge on any atom is -0.380 e. The number of piperazine rings is 1. The number of hydrogen-bond acceptors (Lipinski definition) is 4. The van der Waals surface area contributed by atoms with Crippen molar-refractivity contribution in [3.63, 3.8) is 0 Å². The predicted molar refractivity (Wildman–Crippen MR) is 113 cm³/mol. The molecule has 1 aromatic heterocycles. The monoisotopic (exact) mass is 390 g/mol.